The molecule has 1 aliphatic rings. The molecule has 1 aromatic heterocycles. The van der Waals surface area contributed by atoms with Gasteiger partial charge in [-0.2, -0.15) is 0 Å². The van der Waals surface area contributed by atoms with Gasteiger partial charge in [0.1, 0.15) is 16.7 Å². The minimum Gasteiger partial charge on any atom is -0.508 e. The van der Waals surface area contributed by atoms with Crippen LogP contribution in [0.15, 0.2) is 41.4 Å². The van der Waals surface area contributed by atoms with Crippen molar-refractivity contribution in [3.05, 3.63) is 51.9 Å². The Kier molecular flexibility index (Phi) is 8.44. The molecule has 0 bridgehead atoms. The van der Waals surface area contributed by atoms with Gasteiger partial charge in [0.25, 0.3) is 11.8 Å². The van der Waals surface area contributed by atoms with Crippen molar-refractivity contribution in [3.8, 4) is 5.75 Å². The molecule has 4 N–H and O–H groups in total. The number of nitrogens with one attached hydrogen (secondary N) is 3. The third-order valence-corrected chi connectivity index (χ3v) is 6.45. The number of nitrogens with zero attached hydrogens (tertiary/aromatic N) is 1. The van der Waals surface area contributed by atoms with Crippen molar-refractivity contribution >= 4 is 51.9 Å². The summed E-state index contributed by atoms with van der Waals surface area (Å²) >= 11 is 2.36. The molecule has 3 amide bonds. The van der Waals surface area contributed by atoms with Gasteiger partial charge in [-0.05, 0) is 24.1 Å². The molecular weight excluding hydrogens is 468 g/mol. The van der Waals surface area contributed by atoms with Crippen LogP contribution in [0.5, 0.6) is 5.75 Å². The van der Waals surface area contributed by atoms with E-state index in [1.807, 2.05) is 6.08 Å². The van der Waals surface area contributed by atoms with Gasteiger partial charge in [-0.3, -0.25) is 14.4 Å². The number of thioether (sulfide) groups is 1. The van der Waals surface area contributed by atoms with Crippen molar-refractivity contribution in [1.82, 2.24) is 15.6 Å². The van der Waals surface area contributed by atoms with Gasteiger partial charge in [0, 0.05) is 12.3 Å². The van der Waals surface area contributed by atoms with E-state index >= 15 is 0 Å². The predicted molar refractivity (Wildman–Crippen MR) is 124 cm³/mol. The minimum absolute atomic E-state index is 0.0222. The second kappa shape index (κ2) is 11.5. The lowest BCUT2D eigenvalue weighted by Gasteiger charge is -2.16. The Hall–Kier alpha value is -3.38. The topological polar surface area (TPSA) is 147 Å². The zero-order valence-corrected chi connectivity index (χ0v) is 19.3. The first-order valence-corrected chi connectivity index (χ1v) is 11.7. The van der Waals surface area contributed by atoms with Crippen molar-refractivity contribution in [3.63, 3.8) is 0 Å². The molecule has 0 radical (unpaired) electrons. The number of phenols is 1. The van der Waals surface area contributed by atoms with Crippen molar-refractivity contribution in [2.45, 2.75) is 18.9 Å². The number of ether oxygens (including phenoxy) is 1. The Bertz CT molecular complexity index is 1080. The first-order valence-electron chi connectivity index (χ1n) is 9.89. The fraction of sp³-hybridized carbons (Fsp3) is 0.286. The number of rotatable bonds is 9. The molecule has 3 rings (SSSR count). The van der Waals surface area contributed by atoms with Gasteiger partial charge in [-0.25, -0.2) is 9.78 Å². The average Bonchev–Trinajstić information content (AvgIpc) is 3.48. The van der Waals surface area contributed by atoms with Crippen LogP contribution in [0.25, 0.3) is 0 Å². The van der Waals surface area contributed by atoms with Crippen LogP contribution in [-0.4, -0.2) is 59.2 Å². The number of esters is 1. The molecule has 2 heterocycles. The highest BCUT2D eigenvalue weighted by molar-refractivity contribution is 8.04. The van der Waals surface area contributed by atoms with E-state index in [9.17, 15) is 24.3 Å². The lowest BCUT2D eigenvalue weighted by molar-refractivity contribution is -0.142. The molecular formula is C21H22N4O6S2. The zero-order chi connectivity index (χ0) is 23.8. The quantitative estimate of drug-likeness (QED) is 0.386. The number of benzene rings is 1. The highest BCUT2D eigenvalue weighted by Gasteiger charge is 2.25. The predicted octanol–water partition coefficient (Wildman–Crippen LogP) is 1.44. The number of thiazole rings is 1. The summed E-state index contributed by atoms with van der Waals surface area (Å²) < 4.78 is 4.72. The number of hydrogen-bond donors (Lipinski definition) is 4. The van der Waals surface area contributed by atoms with Gasteiger partial charge < -0.3 is 25.8 Å². The third kappa shape index (κ3) is 7.05. The van der Waals surface area contributed by atoms with Crippen molar-refractivity contribution in [2.75, 3.05) is 24.7 Å². The standard InChI is InChI=1S/C21H22N4O6S2/c1-31-20(30)14(10-22-18(28)15-6-3-7-32-15)24-19(29)16-11-23-21(33-16)25-17(27)9-12-4-2-5-13(26)8-12/h2,4-6,8,11,14,26H,3,7,9-10H2,1H3,(H,22,28)(H,24,29)(H,23,25,27)/t14-/m0/s1. The number of anilines is 1. The van der Waals surface area contributed by atoms with Gasteiger partial charge in [-0.1, -0.05) is 29.5 Å². The average molecular weight is 491 g/mol. The summed E-state index contributed by atoms with van der Waals surface area (Å²) in [5, 5.41) is 17.4. The molecule has 0 unspecified atom stereocenters. The molecule has 0 saturated heterocycles. The fourth-order valence-corrected chi connectivity index (χ4v) is 4.51. The van der Waals surface area contributed by atoms with Crippen LogP contribution in [0.1, 0.15) is 21.7 Å². The smallest absolute Gasteiger partial charge is 0.330 e. The number of aromatic nitrogens is 1. The molecule has 0 aliphatic carbocycles. The van der Waals surface area contributed by atoms with Crippen LogP contribution in [-0.2, 0) is 25.5 Å². The van der Waals surface area contributed by atoms with E-state index in [-0.39, 0.29) is 40.5 Å². The van der Waals surface area contributed by atoms with Crippen LogP contribution in [0.2, 0.25) is 0 Å². The summed E-state index contributed by atoms with van der Waals surface area (Å²) in [6, 6.07) is 5.23. The summed E-state index contributed by atoms with van der Waals surface area (Å²) in [7, 11) is 1.19. The van der Waals surface area contributed by atoms with Crippen molar-refractivity contribution < 1.29 is 29.0 Å². The van der Waals surface area contributed by atoms with Gasteiger partial charge in [0.2, 0.25) is 5.91 Å². The lowest BCUT2D eigenvalue weighted by atomic mass is 10.1. The maximum atomic E-state index is 12.6. The molecule has 10 nitrogen and oxygen atoms in total. The lowest BCUT2D eigenvalue weighted by Crippen LogP contribution is -2.48. The molecule has 12 heteroatoms. The number of methoxy groups -OCH3 is 1. The van der Waals surface area contributed by atoms with Crippen LogP contribution < -0.4 is 16.0 Å². The van der Waals surface area contributed by atoms with Gasteiger partial charge in [0.05, 0.1) is 24.6 Å². The number of carbonyl (C=O) groups excluding carboxylic acids is 4. The monoisotopic (exact) mass is 490 g/mol. The van der Waals surface area contributed by atoms with E-state index in [4.69, 9.17) is 4.74 Å². The Morgan fingerprint density at radius 1 is 1.24 bits per heavy atom. The highest BCUT2D eigenvalue weighted by atomic mass is 32.2. The highest BCUT2D eigenvalue weighted by Crippen LogP contribution is 2.24. The Morgan fingerprint density at radius 3 is 2.76 bits per heavy atom. The maximum Gasteiger partial charge on any atom is 0.330 e. The molecule has 33 heavy (non-hydrogen) atoms. The first-order chi connectivity index (χ1) is 15.9. The van der Waals surface area contributed by atoms with E-state index in [0.717, 1.165) is 23.5 Å². The zero-order valence-electron chi connectivity index (χ0n) is 17.6. The van der Waals surface area contributed by atoms with Gasteiger partial charge in [-0.15, -0.1) is 11.8 Å². The molecule has 2 aromatic rings. The molecule has 1 aromatic carbocycles. The van der Waals surface area contributed by atoms with E-state index in [1.54, 1.807) is 12.1 Å². The fourth-order valence-electron chi connectivity index (χ4n) is 2.88. The summed E-state index contributed by atoms with van der Waals surface area (Å²) in [5.74, 6) is -1.09. The Labute approximate surface area is 197 Å². The number of aromatic hydroxyl groups is 1. The first kappa shape index (κ1) is 24.3. The molecule has 1 atom stereocenters. The second-order valence-electron chi connectivity index (χ2n) is 6.89. The van der Waals surface area contributed by atoms with E-state index < -0.39 is 17.9 Å². The molecule has 0 spiro atoms. The number of phenolic OH excluding ortho intramolecular Hbond substituents is 1. The van der Waals surface area contributed by atoms with Crippen molar-refractivity contribution in [2.24, 2.45) is 0 Å². The Morgan fingerprint density at radius 2 is 2.06 bits per heavy atom. The van der Waals surface area contributed by atoms with Crippen molar-refractivity contribution in [1.29, 1.82) is 0 Å². The minimum atomic E-state index is -1.09. The summed E-state index contributed by atoms with van der Waals surface area (Å²) in [5.41, 5.74) is 0.622. The largest absolute Gasteiger partial charge is 0.508 e. The molecule has 174 valence electrons. The number of carbonyl (C=O) groups is 4. The van der Waals surface area contributed by atoms with Crippen LogP contribution in [0.4, 0.5) is 5.13 Å². The normalized spacial score (nSPS) is 13.5. The molecule has 0 fully saturated rings. The molecule has 1 aliphatic heterocycles. The second-order valence-corrected chi connectivity index (χ2v) is 9.06. The van der Waals surface area contributed by atoms with Crippen LogP contribution in [0, 0.1) is 0 Å². The van der Waals surface area contributed by atoms with Crippen LogP contribution in [0.3, 0.4) is 0 Å². The van der Waals surface area contributed by atoms with E-state index in [1.165, 1.54) is 37.2 Å². The van der Waals surface area contributed by atoms with E-state index in [0.29, 0.717) is 10.5 Å². The SMILES string of the molecule is COC(=O)[C@H](CNC(=O)C1=CCCS1)NC(=O)c1cnc(NC(=O)Cc2cccc(O)c2)s1. The molecule has 0 saturated carbocycles. The summed E-state index contributed by atoms with van der Waals surface area (Å²) in [6.45, 7) is -0.137. The third-order valence-electron chi connectivity index (χ3n) is 4.44. The summed E-state index contributed by atoms with van der Waals surface area (Å²) in [6.07, 6.45) is 3.92. The summed E-state index contributed by atoms with van der Waals surface area (Å²) in [4.78, 5) is 53.8. The Balaban J connectivity index is 1.55. The number of hydrogen-bond acceptors (Lipinski definition) is 9. The van der Waals surface area contributed by atoms with E-state index in [2.05, 4.69) is 20.9 Å². The van der Waals surface area contributed by atoms with Gasteiger partial charge >= 0.3 is 5.97 Å². The number of allylic oxidation sites excluding steroid dienone is 1. The van der Waals surface area contributed by atoms with Crippen LogP contribution >= 0.6 is 23.1 Å². The van der Waals surface area contributed by atoms with Gasteiger partial charge in [0.15, 0.2) is 5.13 Å². The maximum absolute atomic E-state index is 12.6. The number of amides is 3.